The van der Waals surface area contributed by atoms with E-state index in [0.717, 1.165) is 5.56 Å². The lowest BCUT2D eigenvalue weighted by atomic mass is 10.2. The molecule has 0 spiro atoms. The number of hydrogen-bond donors (Lipinski definition) is 3. The van der Waals surface area contributed by atoms with Crippen molar-refractivity contribution >= 4 is 11.9 Å². The van der Waals surface area contributed by atoms with Crippen LogP contribution in [0.3, 0.4) is 0 Å². The maximum Gasteiger partial charge on any atom is 0.268 e. The van der Waals surface area contributed by atoms with Crippen LogP contribution in [0.5, 0.6) is 0 Å². The Labute approximate surface area is 104 Å². The largest absolute Gasteiger partial charge is 0.350 e. The van der Waals surface area contributed by atoms with E-state index in [-0.39, 0.29) is 0 Å². The quantitative estimate of drug-likeness (QED) is 0.417. The molecule has 2 aromatic rings. The first kappa shape index (κ1) is 12.0. The number of nitrogen functional groups attached to an aromatic ring is 1. The molecule has 0 radical (unpaired) electrons. The highest BCUT2D eigenvalue weighted by molar-refractivity contribution is 5.93. The van der Waals surface area contributed by atoms with E-state index < -0.39 is 5.91 Å². The van der Waals surface area contributed by atoms with E-state index in [2.05, 4.69) is 15.3 Å². The van der Waals surface area contributed by atoms with Gasteiger partial charge in [0.2, 0.25) is 5.95 Å². The molecule has 0 saturated carbocycles. The molecule has 0 unspecified atom stereocenters. The molecule has 0 aliphatic carbocycles. The maximum absolute atomic E-state index is 11.2. The molecule has 0 fully saturated rings. The standard InChI is InChI=1S/C12H13N5O/c13-17-11(18)10-7-15-12(16-8-10)14-6-9-4-2-1-3-5-9/h1-5,7-8H,6,13H2,(H,17,18)(H,14,15,16). The Bertz CT molecular complexity index is 512. The van der Waals surface area contributed by atoms with Crippen LogP contribution in [0.15, 0.2) is 42.7 Å². The van der Waals surface area contributed by atoms with Crippen molar-refractivity contribution in [3.05, 3.63) is 53.9 Å². The second-order valence-electron chi connectivity index (χ2n) is 3.61. The smallest absolute Gasteiger partial charge is 0.268 e. The van der Waals surface area contributed by atoms with Crippen LogP contribution in [-0.4, -0.2) is 15.9 Å². The topological polar surface area (TPSA) is 92.9 Å². The van der Waals surface area contributed by atoms with Gasteiger partial charge in [0.1, 0.15) is 0 Å². The number of nitrogens with one attached hydrogen (secondary N) is 2. The maximum atomic E-state index is 11.2. The van der Waals surface area contributed by atoms with Crippen LogP contribution < -0.4 is 16.6 Å². The first-order chi connectivity index (χ1) is 8.79. The van der Waals surface area contributed by atoms with Crippen LogP contribution in [0.2, 0.25) is 0 Å². The van der Waals surface area contributed by atoms with Crippen LogP contribution in [0.4, 0.5) is 5.95 Å². The van der Waals surface area contributed by atoms with E-state index in [1.165, 1.54) is 12.4 Å². The van der Waals surface area contributed by atoms with Crippen molar-refractivity contribution in [3.8, 4) is 0 Å². The molecular formula is C12H13N5O. The number of carbonyl (C=O) groups is 1. The highest BCUT2D eigenvalue weighted by Crippen LogP contribution is 2.04. The van der Waals surface area contributed by atoms with Gasteiger partial charge in [-0.2, -0.15) is 0 Å². The molecule has 0 aliphatic rings. The molecule has 0 aliphatic heterocycles. The van der Waals surface area contributed by atoms with Crippen LogP contribution >= 0.6 is 0 Å². The van der Waals surface area contributed by atoms with Gasteiger partial charge in [-0.1, -0.05) is 30.3 Å². The number of hydrazine groups is 1. The highest BCUT2D eigenvalue weighted by atomic mass is 16.2. The lowest BCUT2D eigenvalue weighted by molar-refractivity contribution is 0.0953. The number of rotatable bonds is 4. The molecule has 4 N–H and O–H groups in total. The Morgan fingerprint density at radius 2 is 1.83 bits per heavy atom. The third-order valence-corrected chi connectivity index (χ3v) is 2.34. The van der Waals surface area contributed by atoms with Crippen LogP contribution in [0.1, 0.15) is 15.9 Å². The monoisotopic (exact) mass is 243 g/mol. The van der Waals surface area contributed by atoms with Gasteiger partial charge in [-0.05, 0) is 5.56 Å². The number of anilines is 1. The average Bonchev–Trinajstić information content (AvgIpc) is 2.46. The molecule has 6 nitrogen and oxygen atoms in total. The third-order valence-electron chi connectivity index (χ3n) is 2.34. The fraction of sp³-hybridized carbons (Fsp3) is 0.0833. The number of benzene rings is 1. The lowest BCUT2D eigenvalue weighted by Crippen LogP contribution is -2.30. The first-order valence-corrected chi connectivity index (χ1v) is 5.40. The molecule has 0 saturated heterocycles. The number of amides is 1. The summed E-state index contributed by atoms with van der Waals surface area (Å²) in [6.07, 6.45) is 2.84. The van der Waals surface area contributed by atoms with Gasteiger partial charge in [-0.3, -0.25) is 10.2 Å². The van der Waals surface area contributed by atoms with Gasteiger partial charge in [0.15, 0.2) is 0 Å². The zero-order chi connectivity index (χ0) is 12.8. The molecule has 0 bridgehead atoms. The van der Waals surface area contributed by atoms with Gasteiger partial charge in [-0.15, -0.1) is 0 Å². The van der Waals surface area contributed by atoms with Crippen molar-refractivity contribution in [1.82, 2.24) is 15.4 Å². The molecule has 18 heavy (non-hydrogen) atoms. The molecule has 92 valence electrons. The minimum atomic E-state index is -0.412. The van der Waals surface area contributed by atoms with Gasteiger partial charge in [0.05, 0.1) is 5.56 Å². The summed E-state index contributed by atoms with van der Waals surface area (Å²) in [6.45, 7) is 0.628. The van der Waals surface area contributed by atoms with Crippen molar-refractivity contribution in [1.29, 1.82) is 0 Å². The SMILES string of the molecule is NNC(=O)c1cnc(NCc2ccccc2)nc1. The van der Waals surface area contributed by atoms with E-state index in [0.29, 0.717) is 18.1 Å². The number of nitrogens with two attached hydrogens (primary N) is 1. The molecule has 1 heterocycles. The van der Waals surface area contributed by atoms with E-state index in [4.69, 9.17) is 5.84 Å². The van der Waals surface area contributed by atoms with Crippen LogP contribution in [0, 0.1) is 0 Å². The lowest BCUT2D eigenvalue weighted by Gasteiger charge is -2.05. The number of hydrogen-bond acceptors (Lipinski definition) is 5. The summed E-state index contributed by atoms with van der Waals surface area (Å²) in [5, 5.41) is 3.06. The first-order valence-electron chi connectivity index (χ1n) is 5.40. The second kappa shape index (κ2) is 5.74. The molecule has 1 amide bonds. The van der Waals surface area contributed by atoms with Crippen molar-refractivity contribution in [2.24, 2.45) is 5.84 Å². The normalized spacial score (nSPS) is 9.83. The molecule has 1 aromatic heterocycles. The molecule has 6 heteroatoms. The minimum Gasteiger partial charge on any atom is -0.350 e. The van der Waals surface area contributed by atoms with Crippen molar-refractivity contribution in [2.45, 2.75) is 6.54 Å². The van der Waals surface area contributed by atoms with Gasteiger partial charge < -0.3 is 5.32 Å². The summed E-state index contributed by atoms with van der Waals surface area (Å²) >= 11 is 0. The molecule has 0 atom stereocenters. The Hall–Kier alpha value is -2.47. The Kier molecular flexibility index (Phi) is 3.83. The van der Waals surface area contributed by atoms with Crippen molar-refractivity contribution < 1.29 is 4.79 Å². The van der Waals surface area contributed by atoms with Gasteiger partial charge in [-0.25, -0.2) is 15.8 Å². The van der Waals surface area contributed by atoms with Crippen molar-refractivity contribution in [2.75, 3.05) is 5.32 Å². The van der Waals surface area contributed by atoms with E-state index in [9.17, 15) is 4.79 Å². The predicted octanol–water partition coefficient (Wildman–Crippen LogP) is 0.692. The fourth-order valence-electron chi connectivity index (χ4n) is 1.40. The van der Waals surface area contributed by atoms with Crippen LogP contribution in [-0.2, 0) is 6.54 Å². The van der Waals surface area contributed by atoms with Gasteiger partial charge >= 0.3 is 0 Å². The summed E-state index contributed by atoms with van der Waals surface area (Å²) in [7, 11) is 0. The highest BCUT2D eigenvalue weighted by Gasteiger charge is 2.04. The molecule has 1 aromatic carbocycles. The molecular weight excluding hydrogens is 230 g/mol. The van der Waals surface area contributed by atoms with E-state index in [1.54, 1.807) is 0 Å². The molecule has 2 rings (SSSR count). The third kappa shape index (κ3) is 3.02. The number of carbonyl (C=O) groups excluding carboxylic acids is 1. The van der Waals surface area contributed by atoms with E-state index in [1.807, 2.05) is 35.8 Å². The Morgan fingerprint density at radius 3 is 2.44 bits per heavy atom. The van der Waals surface area contributed by atoms with E-state index >= 15 is 0 Å². The van der Waals surface area contributed by atoms with Gasteiger partial charge in [0.25, 0.3) is 5.91 Å². The number of nitrogens with zero attached hydrogens (tertiary/aromatic N) is 2. The number of aromatic nitrogens is 2. The summed E-state index contributed by atoms with van der Waals surface area (Å²) in [5.41, 5.74) is 3.47. The summed E-state index contributed by atoms with van der Waals surface area (Å²) in [4.78, 5) is 19.2. The minimum absolute atomic E-state index is 0.322. The Balaban J connectivity index is 1.97. The zero-order valence-corrected chi connectivity index (χ0v) is 9.63. The predicted molar refractivity (Wildman–Crippen MR) is 67.5 cm³/mol. The average molecular weight is 243 g/mol. The fourth-order valence-corrected chi connectivity index (χ4v) is 1.40. The van der Waals surface area contributed by atoms with Crippen molar-refractivity contribution in [3.63, 3.8) is 0 Å². The second-order valence-corrected chi connectivity index (χ2v) is 3.61. The summed E-state index contributed by atoms with van der Waals surface area (Å²) in [6, 6.07) is 9.89. The zero-order valence-electron chi connectivity index (χ0n) is 9.63. The Morgan fingerprint density at radius 1 is 1.17 bits per heavy atom. The summed E-state index contributed by atoms with van der Waals surface area (Å²) < 4.78 is 0. The summed E-state index contributed by atoms with van der Waals surface area (Å²) in [5.74, 6) is 5.06. The van der Waals surface area contributed by atoms with Gasteiger partial charge in [0, 0.05) is 18.9 Å². The van der Waals surface area contributed by atoms with Crippen LogP contribution in [0.25, 0.3) is 0 Å².